The fourth-order valence-corrected chi connectivity index (χ4v) is 2.56. The van der Waals surface area contributed by atoms with Crippen molar-refractivity contribution in [1.29, 1.82) is 0 Å². The summed E-state index contributed by atoms with van der Waals surface area (Å²) in [5.74, 6) is -0.408. The van der Waals surface area contributed by atoms with E-state index in [4.69, 9.17) is 0 Å². The molecule has 2 aromatic rings. The van der Waals surface area contributed by atoms with E-state index in [-0.39, 0.29) is 0 Å². The fraction of sp³-hybridized carbons (Fsp3) is 0.294. The van der Waals surface area contributed by atoms with Gasteiger partial charge in [-0.25, -0.2) is 8.78 Å². The average molecular weight is 275 g/mol. The van der Waals surface area contributed by atoms with Crippen LogP contribution in [-0.2, 0) is 0 Å². The van der Waals surface area contributed by atoms with Gasteiger partial charge in [-0.3, -0.25) is 0 Å². The summed E-state index contributed by atoms with van der Waals surface area (Å²) in [7, 11) is 1.59. The Labute approximate surface area is 118 Å². The first kappa shape index (κ1) is 14.7. The molecule has 20 heavy (non-hydrogen) atoms. The lowest BCUT2D eigenvalue weighted by Gasteiger charge is -2.37. The SMILES string of the molecule is CNC(C)(C(F)F)C(c1ccccc1)c1ccccc1. The lowest BCUT2D eigenvalue weighted by Crippen LogP contribution is -2.52. The third-order valence-electron chi connectivity index (χ3n) is 3.86. The zero-order chi connectivity index (χ0) is 14.6. The Morgan fingerprint density at radius 1 is 0.850 bits per heavy atom. The molecule has 0 saturated carbocycles. The van der Waals surface area contributed by atoms with Crippen molar-refractivity contribution in [1.82, 2.24) is 5.32 Å². The molecule has 1 atom stereocenters. The lowest BCUT2D eigenvalue weighted by molar-refractivity contribution is 0.0352. The second-order valence-corrected chi connectivity index (χ2v) is 5.09. The van der Waals surface area contributed by atoms with Gasteiger partial charge in [0.15, 0.2) is 0 Å². The highest BCUT2D eigenvalue weighted by atomic mass is 19.3. The molecule has 0 bridgehead atoms. The summed E-state index contributed by atoms with van der Waals surface area (Å²) >= 11 is 0. The van der Waals surface area contributed by atoms with Crippen LogP contribution >= 0.6 is 0 Å². The summed E-state index contributed by atoms with van der Waals surface area (Å²) in [6.07, 6.45) is -2.47. The molecule has 106 valence electrons. The second-order valence-electron chi connectivity index (χ2n) is 5.09. The van der Waals surface area contributed by atoms with Crippen molar-refractivity contribution < 1.29 is 8.78 Å². The number of alkyl halides is 2. The van der Waals surface area contributed by atoms with Crippen molar-refractivity contribution in [3.8, 4) is 0 Å². The maximum atomic E-state index is 13.6. The third kappa shape index (κ3) is 2.73. The Morgan fingerprint density at radius 3 is 1.55 bits per heavy atom. The van der Waals surface area contributed by atoms with Crippen LogP contribution in [0.2, 0.25) is 0 Å². The van der Waals surface area contributed by atoms with Crippen LogP contribution in [-0.4, -0.2) is 19.0 Å². The van der Waals surface area contributed by atoms with Gasteiger partial charge < -0.3 is 5.32 Å². The summed E-state index contributed by atoms with van der Waals surface area (Å²) in [5, 5.41) is 2.82. The number of halogens is 2. The highest BCUT2D eigenvalue weighted by molar-refractivity contribution is 5.37. The van der Waals surface area contributed by atoms with Crippen LogP contribution in [0.3, 0.4) is 0 Å². The van der Waals surface area contributed by atoms with Gasteiger partial charge in [-0.1, -0.05) is 60.7 Å². The summed E-state index contributed by atoms with van der Waals surface area (Å²) in [4.78, 5) is 0. The van der Waals surface area contributed by atoms with Gasteiger partial charge >= 0.3 is 0 Å². The molecule has 0 heterocycles. The molecule has 2 rings (SSSR count). The third-order valence-corrected chi connectivity index (χ3v) is 3.86. The molecule has 0 spiro atoms. The average Bonchev–Trinajstić information content (AvgIpc) is 2.49. The molecule has 2 aromatic carbocycles. The highest BCUT2D eigenvalue weighted by Gasteiger charge is 2.42. The van der Waals surface area contributed by atoms with E-state index in [0.29, 0.717) is 0 Å². The number of likely N-dealkylation sites (N-methyl/N-ethyl adjacent to an activating group) is 1. The van der Waals surface area contributed by atoms with Gasteiger partial charge in [0, 0.05) is 5.92 Å². The van der Waals surface area contributed by atoms with E-state index in [0.717, 1.165) is 11.1 Å². The van der Waals surface area contributed by atoms with Crippen molar-refractivity contribution in [2.45, 2.75) is 24.8 Å². The van der Waals surface area contributed by atoms with Crippen molar-refractivity contribution in [2.75, 3.05) is 7.05 Å². The molecule has 1 unspecified atom stereocenters. The van der Waals surface area contributed by atoms with Gasteiger partial charge in [-0.15, -0.1) is 0 Å². The number of rotatable bonds is 5. The smallest absolute Gasteiger partial charge is 0.257 e. The Morgan fingerprint density at radius 2 is 1.25 bits per heavy atom. The minimum atomic E-state index is -2.47. The number of hydrogen-bond acceptors (Lipinski definition) is 1. The van der Waals surface area contributed by atoms with E-state index in [1.807, 2.05) is 60.7 Å². The van der Waals surface area contributed by atoms with Crippen LogP contribution in [0.25, 0.3) is 0 Å². The van der Waals surface area contributed by atoms with Gasteiger partial charge in [0.05, 0.1) is 5.54 Å². The molecule has 0 aliphatic rings. The normalized spacial score (nSPS) is 14.5. The van der Waals surface area contributed by atoms with Crippen LogP contribution in [0.15, 0.2) is 60.7 Å². The zero-order valence-corrected chi connectivity index (χ0v) is 11.7. The first-order chi connectivity index (χ1) is 9.59. The molecule has 0 aromatic heterocycles. The minimum Gasteiger partial charge on any atom is -0.309 e. The van der Waals surface area contributed by atoms with Gasteiger partial charge in [0.1, 0.15) is 0 Å². The topological polar surface area (TPSA) is 12.0 Å². The molecule has 0 aliphatic carbocycles. The predicted molar refractivity (Wildman–Crippen MR) is 78.2 cm³/mol. The van der Waals surface area contributed by atoms with Gasteiger partial charge in [-0.2, -0.15) is 0 Å². The fourth-order valence-electron chi connectivity index (χ4n) is 2.56. The molecule has 0 radical (unpaired) electrons. The van der Waals surface area contributed by atoms with E-state index >= 15 is 0 Å². The molecule has 0 fully saturated rings. The molecular weight excluding hydrogens is 256 g/mol. The quantitative estimate of drug-likeness (QED) is 0.867. The lowest BCUT2D eigenvalue weighted by atomic mass is 9.76. The van der Waals surface area contributed by atoms with Crippen molar-refractivity contribution in [3.05, 3.63) is 71.8 Å². The minimum absolute atomic E-state index is 0.408. The Kier molecular flexibility index (Phi) is 4.50. The highest BCUT2D eigenvalue weighted by Crippen LogP contribution is 2.38. The van der Waals surface area contributed by atoms with E-state index in [2.05, 4.69) is 5.32 Å². The molecule has 1 nitrogen and oxygen atoms in total. The zero-order valence-electron chi connectivity index (χ0n) is 11.7. The van der Waals surface area contributed by atoms with E-state index in [1.165, 1.54) is 0 Å². The van der Waals surface area contributed by atoms with Crippen LogP contribution in [0, 0.1) is 0 Å². The maximum Gasteiger partial charge on any atom is 0.257 e. The monoisotopic (exact) mass is 275 g/mol. The first-order valence-corrected chi connectivity index (χ1v) is 6.66. The van der Waals surface area contributed by atoms with Crippen molar-refractivity contribution >= 4 is 0 Å². The molecule has 3 heteroatoms. The predicted octanol–water partition coefficient (Wildman–Crippen LogP) is 4.06. The largest absolute Gasteiger partial charge is 0.309 e. The van der Waals surface area contributed by atoms with Crippen LogP contribution < -0.4 is 5.32 Å². The number of benzene rings is 2. The van der Waals surface area contributed by atoms with Crippen LogP contribution in [0.5, 0.6) is 0 Å². The van der Waals surface area contributed by atoms with Gasteiger partial charge in [0.2, 0.25) is 0 Å². The molecule has 1 N–H and O–H groups in total. The summed E-state index contributed by atoms with van der Waals surface area (Å²) in [6.45, 7) is 1.57. The number of nitrogens with one attached hydrogen (secondary N) is 1. The Bertz CT molecular complexity index is 488. The van der Waals surface area contributed by atoms with Gasteiger partial charge in [0.25, 0.3) is 6.43 Å². The summed E-state index contributed by atoms with van der Waals surface area (Å²) < 4.78 is 27.3. The van der Waals surface area contributed by atoms with E-state index in [9.17, 15) is 8.78 Å². The van der Waals surface area contributed by atoms with E-state index in [1.54, 1.807) is 14.0 Å². The van der Waals surface area contributed by atoms with Crippen LogP contribution in [0.4, 0.5) is 8.78 Å². The molecule has 0 amide bonds. The standard InChI is InChI=1S/C17H19F2N/c1-17(20-2,16(18)19)15(13-9-5-3-6-10-13)14-11-7-4-8-12-14/h3-12,15-16,20H,1-2H3. The van der Waals surface area contributed by atoms with E-state index < -0.39 is 17.9 Å². The maximum absolute atomic E-state index is 13.6. The summed E-state index contributed by atoms with van der Waals surface area (Å²) in [5.41, 5.74) is 0.453. The molecule has 0 aliphatic heterocycles. The van der Waals surface area contributed by atoms with Gasteiger partial charge in [-0.05, 0) is 25.1 Å². The molecule has 0 saturated heterocycles. The van der Waals surface area contributed by atoms with Crippen molar-refractivity contribution in [3.63, 3.8) is 0 Å². The van der Waals surface area contributed by atoms with Crippen molar-refractivity contribution in [2.24, 2.45) is 0 Å². The Balaban J connectivity index is 2.56. The molecular formula is C17H19F2N. The van der Waals surface area contributed by atoms with Crippen LogP contribution in [0.1, 0.15) is 24.0 Å². The summed E-state index contributed by atoms with van der Waals surface area (Å²) in [6, 6.07) is 18.9. The second kappa shape index (κ2) is 6.14. The Hall–Kier alpha value is -1.74. The first-order valence-electron chi connectivity index (χ1n) is 6.66. The number of hydrogen-bond donors (Lipinski definition) is 1.